The van der Waals surface area contributed by atoms with Crippen LogP contribution in [-0.2, 0) is 11.3 Å². The lowest BCUT2D eigenvalue weighted by Crippen LogP contribution is -2.66. The molecule has 174 valence electrons. The highest BCUT2D eigenvalue weighted by Crippen LogP contribution is 2.45. The highest BCUT2D eigenvalue weighted by molar-refractivity contribution is 5.98. The molecule has 0 N–H and O–H groups in total. The van der Waals surface area contributed by atoms with Gasteiger partial charge < -0.3 is 14.2 Å². The van der Waals surface area contributed by atoms with Crippen LogP contribution in [0.3, 0.4) is 0 Å². The maximum absolute atomic E-state index is 13.7. The van der Waals surface area contributed by atoms with Gasteiger partial charge in [-0.3, -0.25) is 9.69 Å². The molecule has 0 saturated carbocycles. The molecule has 5 nitrogen and oxygen atoms in total. The van der Waals surface area contributed by atoms with Gasteiger partial charge in [-0.2, -0.15) is 0 Å². The fourth-order valence-electron chi connectivity index (χ4n) is 7.14. The minimum Gasteiger partial charge on any atom is -0.497 e. The Labute approximate surface area is 197 Å². The van der Waals surface area contributed by atoms with E-state index in [0.29, 0.717) is 23.8 Å². The molecule has 4 fully saturated rings. The molecule has 0 bridgehead atoms. The summed E-state index contributed by atoms with van der Waals surface area (Å²) < 4.78 is 7.52. The highest BCUT2D eigenvalue weighted by Gasteiger charge is 2.51. The number of carbonyl (C=O) groups excluding carboxylic acids is 1. The number of fused-ring (bicyclic) bond motifs is 2. The Bertz CT molecular complexity index is 1040. The predicted octanol–water partition coefficient (Wildman–Crippen LogP) is 4.42. The molecule has 4 aliphatic heterocycles. The Morgan fingerprint density at radius 1 is 1.06 bits per heavy atom. The van der Waals surface area contributed by atoms with Crippen LogP contribution >= 0.6 is 0 Å². The second-order valence-electron chi connectivity index (χ2n) is 10.4. The van der Waals surface area contributed by atoms with Crippen molar-refractivity contribution in [2.45, 2.75) is 57.2 Å². The summed E-state index contributed by atoms with van der Waals surface area (Å²) in [5, 5.41) is 0. The van der Waals surface area contributed by atoms with Crippen molar-refractivity contribution >= 4 is 12.0 Å². The lowest BCUT2D eigenvalue weighted by atomic mass is 9.67. The monoisotopic (exact) mass is 445 g/mol. The number of nitrogens with zero attached hydrogens (tertiary/aromatic N) is 3. The van der Waals surface area contributed by atoms with Crippen molar-refractivity contribution in [2.75, 3.05) is 26.7 Å². The Hall–Kier alpha value is -2.53. The first-order valence-electron chi connectivity index (χ1n) is 12.7. The number of hydrogen-bond donors (Lipinski definition) is 0. The Kier molecular flexibility index (Phi) is 5.53. The van der Waals surface area contributed by atoms with E-state index in [0.717, 1.165) is 49.0 Å². The van der Waals surface area contributed by atoms with Gasteiger partial charge in [-0.15, -0.1) is 0 Å². The lowest BCUT2D eigenvalue weighted by Gasteiger charge is -2.58. The summed E-state index contributed by atoms with van der Waals surface area (Å²) in [5.41, 5.74) is 3.33. The number of methoxy groups -OCH3 is 1. The van der Waals surface area contributed by atoms with Crippen molar-refractivity contribution in [2.24, 2.45) is 11.8 Å². The van der Waals surface area contributed by atoms with Gasteiger partial charge in [-0.25, -0.2) is 0 Å². The van der Waals surface area contributed by atoms with E-state index >= 15 is 0 Å². The van der Waals surface area contributed by atoms with Gasteiger partial charge in [-0.1, -0.05) is 12.1 Å². The third kappa shape index (κ3) is 3.80. The highest BCUT2D eigenvalue weighted by atomic mass is 16.5. The zero-order chi connectivity index (χ0) is 22.4. The van der Waals surface area contributed by atoms with Crippen molar-refractivity contribution in [3.8, 4) is 5.75 Å². The molecule has 5 heteroatoms. The summed E-state index contributed by atoms with van der Waals surface area (Å²) in [6.45, 7) is 4.30. The van der Waals surface area contributed by atoms with Crippen LogP contribution in [0, 0.1) is 11.8 Å². The lowest BCUT2D eigenvalue weighted by molar-refractivity contribution is -0.145. The topological polar surface area (TPSA) is 37.7 Å². The Morgan fingerprint density at radius 2 is 1.88 bits per heavy atom. The van der Waals surface area contributed by atoms with Gasteiger partial charge in [0, 0.05) is 42.6 Å². The fraction of sp³-hybridized carbons (Fsp3) is 0.536. The second-order valence-corrected chi connectivity index (χ2v) is 10.4. The molecule has 33 heavy (non-hydrogen) atoms. The number of benzene rings is 1. The van der Waals surface area contributed by atoms with Crippen molar-refractivity contribution in [3.05, 3.63) is 59.4 Å². The minimum absolute atomic E-state index is 0.296. The standard InChI is InChI=1S/C28H35N3O2/c1-33-24-11-8-20(9-12-24)18-30-16-3-6-23(30)17-21-10-13-26-25-7-4-15-29-14-2-5-22(27(25)29)19-31(26)28(21)32/h3,6,8-9,11-12,16-17,22,25-27H,2,4-5,7,10,13-15,18-19H2,1H3/b21-17+/t22-,25+,26+,27-/m0/s1. The first-order valence-corrected chi connectivity index (χ1v) is 12.7. The molecule has 0 radical (unpaired) electrons. The maximum Gasteiger partial charge on any atom is 0.250 e. The van der Waals surface area contributed by atoms with Gasteiger partial charge in [0.15, 0.2) is 0 Å². The quantitative estimate of drug-likeness (QED) is 0.654. The van der Waals surface area contributed by atoms with Crippen LogP contribution in [0.2, 0.25) is 0 Å². The van der Waals surface area contributed by atoms with Gasteiger partial charge in [0.1, 0.15) is 5.75 Å². The number of carbonyl (C=O) groups is 1. The second kappa shape index (κ2) is 8.68. The van der Waals surface area contributed by atoms with Crippen LogP contribution < -0.4 is 4.74 Å². The molecule has 4 atom stereocenters. The number of ether oxygens (including phenoxy) is 1. The maximum atomic E-state index is 13.7. The fourth-order valence-corrected chi connectivity index (χ4v) is 7.14. The summed E-state index contributed by atoms with van der Waals surface area (Å²) in [4.78, 5) is 18.7. The molecule has 0 aliphatic carbocycles. The smallest absolute Gasteiger partial charge is 0.250 e. The molecule has 1 aromatic carbocycles. The molecule has 6 rings (SSSR count). The van der Waals surface area contributed by atoms with E-state index in [1.807, 2.05) is 12.1 Å². The zero-order valence-electron chi connectivity index (χ0n) is 19.7. The van der Waals surface area contributed by atoms with E-state index in [-0.39, 0.29) is 0 Å². The van der Waals surface area contributed by atoms with E-state index in [4.69, 9.17) is 4.74 Å². The van der Waals surface area contributed by atoms with Crippen molar-refractivity contribution < 1.29 is 9.53 Å². The molecule has 0 unspecified atom stereocenters. The normalized spacial score (nSPS) is 30.8. The molecule has 1 aromatic heterocycles. The average molecular weight is 446 g/mol. The van der Waals surface area contributed by atoms with Crippen LogP contribution in [0.1, 0.15) is 49.8 Å². The molecule has 2 aromatic rings. The van der Waals surface area contributed by atoms with Crippen LogP contribution in [0.5, 0.6) is 5.75 Å². The third-order valence-electron chi connectivity index (χ3n) is 8.62. The molecule has 5 heterocycles. The summed E-state index contributed by atoms with van der Waals surface area (Å²) in [5.74, 6) is 2.52. The van der Waals surface area contributed by atoms with E-state index in [1.54, 1.807) is 7.11 Å². The zero-order valence-corrected chi connectivity index (χ0v) is 19.7. The average Bonchev–Trinajstić information content (AvgIpc) is 3.28. The van der Waals surface area contributed by atoms with Gasteiger partial charge in [0.05, 0.1) is 7.11 Å². The molecule has 1 amide bonds. The van der Waals surface area contributed by atoms with Gasteiger partial charge in [0.25, 0.3) is 0 Å². The summed E-state index contributed by atoms with van der Waals surface area (Å²) in [7, 11) is 1.69. The largest absolute Gasteiger partial charge is 0.497 e. The van der Waals surface area contributed by atoms with Crippen molar-refractivity contribution in [1.82, 2.24) is 14.4 Å². The molecular formula is C28H35N3O2. The van der Waals surface area contributed by atoms with Gasteiger partial charge >= 0.3 is 0 Å². The van der Waals surface area contributed by atoms with Crippen LogP contribution in [0.25, 0.3) is 6.08 Å². The minimum atomic E-state index is 0.296. The number of amides is 1. The molecule has 0 spiro atoms. The van der Waals surface area contributed by atoms with Crippen LogP contribution in [0.4, 0.5) is 0 Å². The number of hydrogen-bond acceptors (Lipinski definition) is 3. The molecular weight excluding hydrogens is 410 g/mol. The summed E-state index contributed by atoms with van der Waals surface area (Å²) in [6, 6.07) is 13.6. The van der Waals surface area contributed by atoms with E-state index in [2.05, 4.69) is 50.9 Å². The van der Waals surface area contributed by atoms with Crippen molar-refractivity contribution in [3.63, 3.8) is 0 Å². The van der Waals surface area contributed by atoms with E-state index < -0.39 is 0 Å². The predicted molar refractivity (Wildman–Crippen MR) is 130 cm³/mol. The first kappa shape index (κ1) is 21.0. The Morgan fingerprint density at radius 3 is 2.70 bits per heavy atom. The van der Waals surface area contributed by atoms with Crippen molar-refractivity contribution in [1.29, 1.82) is 0 Å². The van der Waals surface area contributed by atoms with E-state index in [1.165, 1.54) is 44.3 Å². The molecule has 4 saturated heterocycles. The van der Waals surface area contributed by atoms with Gasteiger partial charge in [0.2, 0.25) is 5.91 Å². The van der Waals surface area contributed by atoms with Crippen LogP contribution in [0.15, 0.2) is 48.2 Å². The van der Waals surface area contributed by atoms with Gasteiger partial charge in [-0.05, 0) is 99.4 Å². The Balaban J connectivity index is 1.22. The summed E-state index contributed by atoms with van der Waals surface area (Å²) in [6.07, 6.45) is 11.5. The molecule has 4 aliphatic rings. The number of piperidine rings is 4. The van der Waals surface area contributed by atoms with E-state index in [9.17, 15) is 4.79 Å². The number of aromatic nitrogens is 1. The summed E-state index contributed by atoms with van der Waals surface area (Å²) >= 11 is 0. The first-order chi connectivity index (χ1) is 16.2. The SMILES string of the molecule is COc1ccc(Cn2cccc2/C=C2\CC[C@@H]3[C@H]4CCCN5CCC[C@@H](CN3C2=O)[C@@H]45)cc1. The third-order valence-corrected chi connectivity index (χ3v) is 8.62. The van der Waals surface area contributed by atoms with Crippen LogP contribution in [-0.4, -0.2) is 59.1 Å². The number of rotatable bonds is 4.